The minimum Gasteiger partial charge on any atom is -0.319 e. The first-order valence-corrected chi connectivity index (χ1v) is 5.98. The summed E-state index contributed by atoms with van der Waals surface area (Å²) in [6.07, 6.45) is 1.48. The van der Waals surface area contributed by atoms with Gasteiger partial charge >= 0.3 is 0 Å². The van der Waals surface area contributed by atoms with Crippen LogP contribution in [0.25, 0.3) is 0 Å². The fourth-order valence-electron chi connectivity index (χ4n) is 2.26. The average Bonchev–Trinajstić information content (AvgIpc) is 2.88. The van der Waals surface area contributed by atoms with Gasteiger partial charge in [0.15, 0.2) is 5.82 Å². The van der Waals surface area contributed by atoms with Gasteiger partial charge in [0, 0.05) is 7.05 Å². The lowest BCUT2D eigenvalue weighted by atomic mass is 10.1. The van der Waals surface area contributed by atoms with Crippen LogP contribution in [0.2, 0.25) is 0 Å². The molecule has 0 aliphatic carbocycles. The van der Waals surface area contributed by atoms with Gasteiger partial charge in [-0.2, -0.15) is 0 Å². The first kappa shape index (κ1) is 12.5. The molecule has 1 aliphatic rings. The van der Waals surface area contributed by atoms with Gasteiger partial charge in [-0.05, 0) is 24.6 Å². The minimum atomic E-state index is -0.743. The van der Waals surface area contributed by atoms with Gasteiger partial charge in [-0.3, -0.25) is 14.5 Å². The van der Waals surface area contributed by atoms with Crippen LogP contribution in [0.4, 0.5) is 10.1 Å². The number of anilines is 1. The van der Waals surface area contributed by atoms with E-state index in [0.717, 1.165) is 4.90 Å². The van der Waals surface area contributed by atoms with E-state index in [0.29, 0.717) is 11.4 Å². The highest BCUT2D eigenvalue weighted by Crippen LogP contribution is 2.33. The summed E-state index contributed by atoms with van der Waals surface area (Å²) in [4.78, 5) is 25.0. The molecule has 0 N–H and O–H groups in total. The van der Waals surface area contributed by atoms with Crippen LogP contribution >= 0.6 is 0 Å². The minimum absolute atomic E-state index is 0.00799. The Kier molecular flexibility index (Phi) is 2.63. The van der Waals surface area contributed by atoms with Crippen LogP contribution in [0.1, 0.15) is 21.7 Å². The summed E-state index contributed by atoms with van der Waals surface area (Å²) >= 11 is 0. The maximum Gasteiger partial charge on any atom is 0.299 e. The van der Waals surface area contributed by atoms with Gasteiger partial charge in [0.1, 0.15) is 12.1 Å². The van der Waals surface area contributed by atoms with E-state index in [2.05, 4.69) is 10.2 Å². The van der Waals surface area contributed by atoms with E-state index in [-0.39, 0.29) is 17.8 Å². The summed E-state index contributed by atoms with van der Waals surface area (Å²) in [5.41, 5.74) is 0.728. The Hall–Kier alpha value is -2.57. The quantitative estimate of drug-likeness (QED) is 0.766. The van der Waals surface area contributed by atoms with Crippen LogP contribution in [0.15, 0.2) is 18.5 Å². The van der Waals surface area contributed by atoms with Crippen molar-refractivity contribution < 1.29 is 14.0 Å². The van der Waals surface area contributed by atoms with Crippen molar-refractivity contribution in [3.63, 3.8) is 0 Å². The van der Waals surface area contributed by atoms with Crippen molar-refractivity contribution in [2.45, 2.75) is 13.5 Å². The number of amides is 1. The van der Waals surface area contributed by atoms with E-state index in [1.54, 1.807) is 18.5 Å². The van der Waals surface area contributed by atoms with Crippen LogP contribution in [-0.2, 0) is 18.4 Å². The zero-order valence-corrected chi connectivity index (χ0v) is 10.9. The van der Waals surface area contributed by atoms with Crippen LogP contribution in [0.5, 0.6) is 0 Å². The summed E-state index contributed by atoms with van der Waals surface area (Å²) in [6.45, 7) is 1.68. The zero-order valence-electron chi connectivity index (χ0n) is 10.9. The van der Waals surface area contributed by atoms with Crippen LogP contribution in [-0.4, -0.2) is 26.5 Å². The molecule has 0 radical (unpaired) electrons. The van der Waals surface area contributed by atoms with Gasteiger partial charge in [0.2, 0.25) is 0 Å². The molecule has 0 spiro atoms. The molecular weight excluding hydrogens is 263 g/mol. The van der Waals surface area contributed by atoms with Crippen molar-refractivity contribution in [3.05, 3.63) is 41.2 Å². The number of hydrogen-bond acceptors (Lipinski definition) is 4. The van der Waals surface area contributed by atoms with Crippen molar-refractivity contribution in [2.24, 2.45) is 7.05 Å². The van der Waals surface area contributed by atoms with Gasteiger partial charge in [-0.1, -0.05) is 0 Å². The molecule has 0 bridgehead atoms. The number of carbonyl (C=O) groups excluding carboxylic acids is 2. The highest BCUT2D eigenvalue weighted by atomic mass is 19.1. The number of fused-ring (bicyclic) bond motifs is 1. The van der Waals surface area contributed by atoms with E-state index < -0.39 is 17.5 Å². The summed E-state index contributed by atoms with van der Waals surface area (Å²) < 4.78 is 15.7. The Morgan fingerprint density at radius 1 is 1.30 bits per heavy atom. The molecule has 1 aromatic carbocycles. The average molecular weight is 274 g/mol. The van der Waals surface area contributed by atoms with Gasteiger partial charge in [-0.15, -0.1) is 10.2 Å². The SMILES string of the molecule is Cc1cc(F)c2c(c1)C(=O)C(=O)N2Cc1nncn1C. The summed E-state index contributed by atoms with van der Waals surface area (Å²) in [7, 11) is 1.71. The summed E-state index contributed by atoms with van der Waals surface area (Å²) in [6, 6.07) is 2.82. The second kappa shape index (κ2) is 4.22. The topological polar surface area (TPSA) is 68.1 Å². The fraction of sp³-hybridized carbons (Fsp3) is 0.231. The molecule has 20 heavy (non-hydrogen) atoms. The van der Waals surface area contributed by atoms with Gasteiger partial charge < -0.3 is 4.57 Å². The number of aromatic nitrogens is 3. The molecular formula is C13H11FN4O2. The number of nitrogens with zero attached hydrogens (tertiary/aromatic N) is 4. The second-order valence-corrected chi connectivity index (χ2v) is 4.72. The monoisotopic (exact) mass is 274 g/mol. The predicted octanol–water partition coefficient (Wildman–Crippen LogP) is 0.992. The van der Waals surface area contributed by atoms with E-state index in [4.69, 9.17) is 0 Å². The van der Waals surface area contributed by atoms with Crippen LogP contribution in [0, 0.1) is 12.7 Å². The largest absolute Gasteiger partial charge is 0.319 e. The molecule has 1 amide bonds. The van der Waals surface area contributed by atoms with E-state index in [1.165, 1.54) is 18.5 Å². The summed E-state index contributed by atoms with van der Waals surface area (Å²) in [5.74, 6) is -1.54. The number of carbonyl (C=O) groups is 2. The van der Waals surface area contributed by atoms with E-state index in [9.17, 15) is 14.0 Å². The molecule has 1 aromatic heterocycles. The van der Waals surface area contributed by atoms with Gasteiger partial charge in [0.25, 0.3) is 11.7 Å². The van der Waals surface area contributed by atoms with Crippen molar-refractivity contribution >= 4 is 17.4 Å². The van der Waals surface area contributed by atoms with Crippen molar-refractivity contribution in [2.75, 3.05) is 4.90 Å². The van der Waals surface area contributed by atoms with Gasteiger partial charge in [0.05, 0.1) is 17.8 Å². The third kappa shape index (κ3) is 1.70. The Balaban J connectivity index is 2.09. The number of hydrogen-bond donors (Lipinski definition) is 0. The first-order valence-electron chi connectivity index (χ1n) is 5.98. The Morgan fingerprint density at radius 3 is 2.70 bits per heavy atom. The maximum absolute atomic E-state index is 14.1. The lowest BCUT2D eigenvalue weighted by Crippen LogP contribution is -2.30. The number of halogens is 1. The molecule has 0 unspecified atom stereocenters. The number of rotatable bonds is 2. The Morgan fingerprint density at radius 2 is 2.05 bits per heavy atom. The molecule has 2 heterocycles. The summed E-state index contributed by atoms with van der Waals surface area (Å²) in [5, 5.41) is 7.54. The number of ketones is 1. The third-order valence-corrected chi connectivity index (χ3v) is 3.27. The molecule has 1 aliphatic heterocycles. The maximum atomic E-state index is 14.1. The second-order valence-electron chi connectivity index (χ2n) is 4.72. The normalized spacial score (nSPS) is 14.1. The molecule has 0 atom stereocenters. The molecule has 7 heteroatoms. The fourth-order valence-corrected chi connectivity index (χ4v) is 2.26. The zero-order chi connectivity index (χ0) is 14.4. The standard InChI is InChI=1S/C13H11FN4O2/c1-7-3-8-11(9(14)4-7)18(13(20)12(8)19)5-10-16-15-6-17(10)2/h3-4,6H,5H2,1-2H3. The number of aryl methyl sites for hydroxylation is 2. The molecule has 0 fully saturated rings. The molecule has 2 aromatic rings. The number of benzene rings is 1. The first-order chi connectivity index (χ1) is 9.49. The molecule has 102 valence electrons. The lowest BCUT2D eigenvalue weighted by molar-refractivity contribution is -0.114. The number of Topliss-reactive ketones (excluding diaryl/α,β-unsaturated/α-hetero) is 1. The molecule has 0 saturated heterocycles. The third-order valence-electron chi connectivity index (χ3n) is 3.27. The lowest BCUT2D eigenvalue weighted by Gasteiger charge is -2.16. The van der Waals surface area contributed by atoms with Gasteiger partial charge in [-0.25, -0.2) is 4.39 Å². The highest BCUT2D eigenvalue weighted by Gasteiger charge is 2.38. The van der Waals surface area contributed by atoms with Crippen molar-refractivity contribution in [1.82, 2.24) is 14.8 Å². The van der Waals surface area contributed by atoms with E-state index >= 15 is 0 Å². The highest BCUT2D eigenvalue weighted by molar-refractivity contribution is 6.52. The Bertz CT molecular complexity index is 738. The van der Waals surface area contributed by atoms with Crippen molar-refractivity contribution in [1.29, 1.82) is 0 Å². The smallest absolute Gasteiger partial charge is 0.299 e. The molecule has 3 rings (SSSR count). The predicted molar refractivity (Wildman–Crippen MR) is 67.7 cm³/mol. The Labute approximate surface area is 113 Å². The van der Waals surface area contributed by atoms with Crippen molar-refractivity contribution in [3.8, 4) is 0 Å². The molecule has 6 nitrogen and oxygen atoms in total. The molecule has 0 saturated carbocycles. The van der Waals surface area contributed by atoms with E-state index in [1.807, 2.05) is 0 Å². The van der Waals surface area contributed by atoms with Crippen LogP contribution in [0.3, 0.4) is 0 Å². The van der Waals surface area contributed by atoms with Crippen LogP contribution < -0.4 is 4.90 Å².